The predicted octanol–water partition coefficient (Wildman–Crippen LogP) is 6.78. The molecule has 0 aliphatic rings. The minimum atomic E-state index is 0.0499. The first-order valence-corrected chi connectivity index (χ1v) is 11.9. The van der Waals surface area contributed by atoms with Crippen LogP contribution in [0.15, 0.2) is 71.6 Å². The zero-order valence-corrected chi connectivity index (χ0v) is 18.8. The van der Waals surface area contributed by atoms with Crippen LogP contribution in [0.3, 0.4) is 0 Å². The van der Waals surface area contributed by atoms with E-state index in [2.05, 4.69) is 80.7 Å². The molecular weight excluding hydrogens is 394 g/mol. The van der Waals surface area contributed by atoms with Gasteiger partial charge < -0.3 is 5.32 Å². The molecule has 0 heterocycles. The molecule has 0 unspecified atom stereocenters. The molecule has 2 nitrogen and oxygen atoms in total. The minimum Gasteiger partial charge on any atom is -0.325 e. The Hall–Kier alpha value is -2.17. The highest BCUT2D eigenvalue weighted by molar-refractivity contribution is 7.99. The maximum Gasteiger partial charge on any atom is 0.234 e. The van der Waals surface area contributed by atoms with Gasteiger partial charge in [-0.25, -0.2) is 0 Å². The molecule has 3 rings (SSSR count). The van der Waals surface area contributed by atoms with Gasteiger partial charge >= 0.3 is 0 Å². The van der Waals surface area contributed by atoms with Crippen LogP contribution in [-0.2, 0) is 16.3 Å². The highest BCUT2D eigenvalue weighted by atomic mass is 32.2. The van der Waals surface area contributed by atoms with Crippen LogP contribution in [0.4, 0.5) is 5.69 Å². The van der Waals surface area contributed by atoms with Crippen LogP contribution in [-0.4, -0.2) is 11.7 Å². The predicted molar refractivity (Wildman–Crippen MR) is 128 cm³/mol. The van der Waals surface area contributed by atoms with E-state index >= 15 is 0 Å². The molecule has 0 aliphatic heterocycles. The lowest BCUT2D eigenvalue weighted by atomic mass is 10.1. The summed E-state index contributed by atoms with van der Waals surface area (Å²) >= 11 is 3.47. The number of benzene rings is 3. The molecule has 0 saturated carbocycles. The third-order valence-corrected chi connectivity index (χ3v) is 6.58. The topological polar surface area (TPSA) is 29.1 Å². The summed E-state index contributed by atoms with van der Waals surface area (Å²) in [5.74, 6) is 2.28. The number of carbonyl (C=O) groups is 1. The summed E-state index contributed by atoms with van der Waals surface area (Å²) < 4.78 is 0. The van der Waals surface area contributed by atoms with E-state index < -0.39 is 0 Å². The first kappa shape index (κ1) is 21.5. The average Bonchev–Trinajstić information content (AvgIpc) is 2.68. The zero-order valence-electron chi connectivity index (χ0n) is 17.2. The van der Waals surface area contributed by atoms with Crippen molar-refractivity contribution in [2.75, 3.05) is 11.1 Å². The summed E-state index contributed by atoms with van der Waals surface area (Å²) in [6.45, 7) is 6.27. The number of aryl methyl sites for hydroxylation is 3. The summed E-state index contributed by atoms with van der Waals surface area (Å²) in [6, 6.07) is 23.2. The molecule has 1 amide bonds. The average molecular weight is 422 g/mol. The molecule has 0 bridgehead atoms. The summed E-state index contributed by atoms with van der Waals surface area (Å²) in [4.78, 5) is 13.6. The molecule has 1 N–H and O–H groups in total. The first-order chi connectivity index (χ1) is 14.0. The molecule has 3 aromatic rings. The van der Waals surface area contributed by atoms with Gasteiger partial charge in [0.25, 0.3) is 0 Å². The third-order valence-electron chi connectivity index (χ3n) is 4.50. The van der Waals surface area contributed by atoms with Crippen LogP contribution in [0, 0.1) is 20.8 Å². The van der Waals surface area contributed by atoms with Gasteiger partial charge in [-0.05, 0) is 55.7 Å². The standard InChI is InChI=1S/C25H27NOS2/c1-18-11-19(2)13-22(12-18)15-28-17-25(27)26-24-10-9-21(14-20(24)3)16-29-23-7-5-4-6-8-23/h4-14H,15-17H2,1-3H3,(H,26,27). The molecular formula is C25H27NOS2. The van der Waals surface area contributed by atoms with Gasteiger partial charge in [0.05, 0.1) is 5.75 Å². The molecule has 0 spiro atoms. The summed E-state index contributed by atoms with van der Waals surface area (Å²) in [5, 5.41) is 3.05. The number of thioether (sulfide) groups is 2. The van der Waals surface area contributed by atoms with Gasteiger partial charge in [-0.2, -0.15) is 0 Å². The van der Waals surface area contributed by atoms with Crippen molar-refractivity contribution in [2.24, 2.45) is 0 Å². The fraction of sp³-hybridized carbons (Fsp3) is 0.240. The Kier molecular flexibility index (Phi) is 7.84. The van der Waals surface area contributed by atoms with Crippen molar-refractivity contribution in [3.8, 4) is 0 Å². The van der Waals surface area contributed by atoms with E-state index in [0.29, 0.717) is 5.75 Å². The molecule has 3 aromatic carbocycles. The Morgan fingerprint density at radius 3 is 2.24 bits per heavy atom. The van der Waals surface area contributed by atoms with Crippen molar-refractivity contribution in [2.45, 2.75) is 37.2 Å². The summed E-state index contributed by atoms with van der Waals surface area (Å²) in [7, 11) is 0. The lowest BCUT2D eigenvalue weighted by molar-refractivity contribution is -0.113. The van der Waals surface area contributed by atoms with Crippen molar-refractivity contribution in [3.63, 3.8) is 0 Å². The van der Waals surface area contributed by atoms with E-state index in [1.165, 1.54) is 27.1 Å². The number of carbonyl (C=O) groups excluding carboxylic acids is 1. The lowest BCUT2D eigenvalue weighted by Crippen LogP contribution is -2.15. The molecule has 0 aliphatic carbocycles. The smallest absolute Gasteiger partial charge is 0.234 e. The number of anilines is 1. The van der Waals surface area contributed by atoms with Gasteiger partial charge in [0.15, 0.2) is 0 Å². The Bertz CT molecular complexity index is 950. The Labute approximate surface area is 182 Å². The van der Waals surface area contributed by atoms with E-state index in [1.54, 1.807) is 11.8 Å². The third kappa shape index (κ3) is 6.98. The van der Waals surface area contributed by atoms with Crippen molar-refractivity contribution in [1.82, 2.24) is 0 Å². The monoisotopic (exact) mass is 421 g/mol. The number of rotatable bonds is 8. The van der Waals surface area contributed by atoms with E-state index in [-0.39, 0.29) is 5.91 Å². The molecule has 0 fully saturated rings. The van der Waals surface area contributed by atoms with Gasteiger partial charge in [0.2, 0.25) is 5.91 Å². The van der Waals surface area contributed by atoms with Crippen LogP contribution in [0.1, 0.15) is 27.8 Å². The largest absolute Gasteiger partial charge is 0.325 e. The van der Waals surface area contributed by atoms with Crippen molar-refractivity contribution in [1.29, 1.82) is 0 Å². The first-order valence-electron chi connectivity index (χ1n) is 9.72. The Balaban J connectivity index is 1.48. The van der Waals surface area contributed by atoms with E-state index in [1.807, 2.05) is 23.9 Å². The second-order valence-electron chi connectivity index (χ2n) is 7.29. The van der Waals surface area contributed by atoms with Crippen LogP contribution in [0.25, 0.3) is 0 Å². The van der Waals surface area contributed by atoms with Crippen LogP contribution in [0.2, 0.25) is 0 Å². The van der Waals surface area contributed by atoms with Crippen molar-refractivity contribution < 1.29 is 4.79 Å². The quantitative estimate of drug-likeness (QED) is 0.407. The minimum absolute atomic E-state index is 0.0499. The van der Waals surface area contributed by atoms with Crippen molar-refractivity contribution in [3.05, 3.63) is 94.5 Å². The fourth-order valence-corrected chi connectivity index (χ4v) is 4.86. The zero-order chi connectivity index (χ0) is 20.6. The van der Waals surface area contributed by atoms with E-state index in [0.717, 1.165) is 22.8 Å². The lowest BCUT2D eigenvalue weighted by Gasteiger charge is -2.11. The maximum absolute atomic E-state index is 12.3. The van der Waals surface area contributed by atoms with Gasteiger partial charge in [-0.15, -0.1) is 23.5 Å². The van der Waals surface area contributed by atoms with E-state index in [9.17, 15) is 4.79 Å². The normalized spacial score (nSPS) is 10.7. The number of amides is 1. The number of hydrogen-bond donors (Lipinski definition) is 1. The molecule has 0 aromatic heterocycles. The number of hydrogen-bond acceptors (Lipinski definition) is 3. The van der Waals surface area contributed by atoms with Gasteiger partial charge in [-0.1, -0.05) is 59.7 Å². The summed E-state index contributed by atoms with van der Waals surface area (Å²) in [5.41, 5.74) is 7.08. The highest BCUT2D eigenvalue weighted by Crippen LogP contribution is 2.25. The van der Waals surface area contributed by atoms with Gasteiger partial charge in [-0.3, -0.25) is 4.79 Å². The van der Waals surface area contributed by atoms with Crippen LogP contribution in [0.5, 0.6) is 0 Å². The highest BCUT2D eigenvalue weighted by Gasteiger charge is 2.07. The molecule has 4 heteroatoms. The maximum atomic E-state index is 12.3. The molecule has 0 radical (unpaired) electrons. The number of nitrogens with one attached hydrogen (secondary N) is 1. The Morgan fingerprint density at radius 2 is 1.55 bits per heavy atom. The van der Waals surface area contributed by atoms with Gasteiger partial charge in [0.1, 0.15) is 0 Å². The van der Waals surface area contributed by atoms with Crippen LogP contribution >= 0.6 is 23.5 Å². The molecule has 0 atom stereocenters. The molecule has 0 saturated heterocycles. The SMILES string of the molecule is Cc1cc(C)cc(CSCC(=O)Nc2ccc(CSc3ccccc3)cc2C)c1. The second kappa shape index (κ2) is 10.6. The van der Waals surface area contributed by atoms with Crippen molar-refractivity contribution >= 4 is 35.1 Å². The van der Waals surface area contributed by atoms with E-state index in [4.69, 9.17) is 0 Å². The fourth-order valence-electron chi connectivity index (χ4n) is 3.24. The molecule has 29 heavy (non-hydrogen) atoms. The summed E-state index contributed by atoms with van der Waals surface area (Å²) in [6.07, 6.45) is 0. The molecule has 150 valence electrons. The second-order valence-corrected chi connectivity index (χ2v) is 9.32. The van der Waals surface area contributed by atoms with Gasteiger partial charge in [0, 0.05) is 22.1 Å². The Morgan fingerprint density at radius 1 is 0.828 bits per heavy atom. The van der Waals surface area contributed by atoms with Crippen LogP contribution < -0.4 is 5.32 Å².